The number of nitrogens with one attached hydrogen (secondary N) is 2. The Morgan fingerprint density at radius 3 is 2.29 bits per heavy atom. The molecule has 0 aliphatic heterocycles. The third-order valence-electron chi connectivity index (χ3n) is 4.81. The molecule has 8 heteroatoms. The minimum atomic E-state index is -0.450. The maximum Gasteiger partial charge on any atom is 0.255 e. The fourth-order valence-electron chi connectivity index (χ4n) is 3.10. The van der Waals surface area contributed by atoms with E-state index < -0.39 is 6.04 Å². The highest BCUT2D eigenvalue weighted by Gasteiger charge is 2.15. The van der Waals surface area contributed by atoms with Crippen LogP contribution >= 0.6 is 0 Å². The molecule has 1 unspecified atom stereocenters. The Morgan fingerprint density at radius 2 is 1.61 bits per heavy atom. The summed E-state index contributed by atoms with van der Waals surface area (Å²) in [5, 5.41) is 14.0. The molecule has 0 bridgehead atoms. The standard InChI is InChI=1S/C23H22N6O2/c1-17(29-14-4-12-25-29)22(30)26-20-5-2-6-21(15-20)27-23(31)19-9-7-18(8-10-19)16-28-13-3-11-24-28/h2-15,17H,16H2,1H3,(H,26,30)(H,27,31). The Hall–Kier alpha value is -4.20. The van der Waals surface area contributed by atoms with Crippen molar-refractivity contribution in [3.8, 4) is 0 Å². The van der Waals surface area contributed by atoms with Crippen molar-refractivity contribution < 1.29 is 9.59 Å². The highest BCUT2D eigenvalue weighted by Crippen LogP contribution is 2.18. The summed E-state index contributed by atoms with van der Waals surface area (Å²) in [6, 6.07) is 17.6. The molecular weight excluding hydrogens is 392 g/mol. The SMILES string of the molecule is CC(C(=O)Nc1cccc(NC(=O)c2ccc(Cn3cccn3)cc2)c1)n1cccn1. The number of anilines is 2. The van der Waals surface area contributed by atoms with E-state index in [0.717, 1.165) is 5.56 Å². The van der Waals surface area contributed by atoms with E-state index in [1.165, 1.54) is 0 Å². The molecular formula is C23H22N6O2. The molecule has 0 radical (unpaired) electrons. The Morgan fingerprint density at radius 1 is 0.903 bits per heavy atom. The monoisotopic (exact) mass is 414 g/mol. The predicted octanol–water partition coefficient (Wildman–Crippen LogP) is 3.58. The van der Waals surface area contributed by atoms with E-state index in [4.69, 9.17) is 0 Å². The zero-order valence-electron chi connectivity index (χ0n) is 17.0. The van der Waals surface area contributed by atoms with Crippen molar-refractivity contribution >= 4 is 23.2 Å². The first kappa shape index (κ1) is 20.1. The van der Waals surface area contributed by atoms with Gasteiger partial charge in [0.1, 0.15) is 6.04 Å². The Balaban J connectivity index is 1.38. The lowest BCUT2D eigenvalue weighted by Gasteiger charge is -2.13. The summed E-state index contributed by atoms with van der Waals surface area (Å²) in [6.07, 6.45) is 6.99. The van der Waals surface area contributed by atoms with Gasteiger partial charge in [0.15, 0.2) is 0 Å². The van der Waals surface area contributed by atoms with Crippen molar-refractivity contribution in [2.45, 2.75) is 19.5 Å². The van der Waals surface area contributed by atoms with E-state index in [-0.39, 0.29) is 11.8 Å². The molecule has 8 nitrogen and oxygen atoms in total. The minimum absolute atomic E-state index is 0.194. The van der Waals surface area contributed by atoms with Gasteiger partial charge in [0.2, 0.25) is 5.91 Å². The smallest absolute Gasteiger partial charge is 0.255 e. The van der Waals surface area contributed by atoms with Crippen LogP contribution in [0.4, 0.5) is 11.4 Å². The molecule has 156 valence electrons. The molecule has 2 N–H and O–H groups in total. The highest BCUT2D eigenvalue weighted by molar-refractivity contribution is 6.04. The van der Waals surface area contributed by atoms with Gasteiger partial charge in [-0.1, -0.05) is 18.2 Å². The number of aromatic nitrogens is 4. The molecule has 0 saturated carbocycles. The van der Waals surface area contributed by atoms with Crippen LogP contribution in [0.5, 0.6) is 0 Å². The first-order chi connectivity index (χ1) is 15.1. The highest BCUT2D eigenvalue weighted by atomic mass is 16.2. The molecule has 0 aliphatic rings. The molecule has 4 rings (SSSR count). The quantitative estimate of drug-likeness (QED) is 0.483. The second kappa shape index (κ2) is 9.08. The van der Waals surface area contributed by atoms with Gasteiger partial charge in [-0.05, 0) is 55.0 Å². The zero-order valence-corrected chi connectivity index (χ0v) is 17.0. The second-order valence-corrected chi connectivity index (χ2v) is 7.09. The largest absolute Gasteiger partial charge is 0.324 e. The number of amides is 2. The number of hydrogen-bond acceptors (Lipinski definition) is 4. The third-order valence-corrected chi connectivity index (χ3v) is 4.81. The number of carbonyl (C=O) groups is 2. The fourth-order valence-corrected chi connectivity index (χ4v) is 3.10. The van der Waals surface area contributed by atoms with Gasteiger partial charge in [-0.3, -0.25) is 19.0 Å². The van der Waals surface area contributed by atoms with Gasteiger partial charge in [-0.15, -0.1) is 0 Å². The summed E-state index contributed by atoms with van der Waals surface area (Å²) in [7, 11) is 0. The maximum atomic E-state index is 12.6. The maximum absolute atomic E-state index is 12.6. The van der Waals surface area contributed by atoms with Crippen LogP contribution < -0.4 is 10.6 Å². The summed E-state index contributed by atoms with van der Waals surface area (Å²) in [5.41, 5.74) is 2.79. The topological polar surface area (TPSA) is 93.8 Å². The third kappa shape index (κ3) is 5.05. The van der Waals surface area contributed by atoms with Crippen LogP contribution in [-0.4, -0.2) is 31.4 Å². The summed E-state index contributed by atoms with van der Waals surface area (Å²) >= 11 is 0. The molecule has 2 heterocycles. The Bertz CT molecular complexity index is 1150. The lowest BCUT2D eigenvalue weighted by atomic mass is 10.1. The van der Waals surface area contributed by atoms with Gasteiger partial charge < -0.3 is 10.6 Å². The van der Waals surface area contributed by atoms with Crippen LogP contribution in [0.25, 0.3) is 0 Å². The molecule has 2 aromatic heterocycles. The molecule has 2 aromatic carbocycles. The van der Waals surface area contributed by atoms with E-state index in [9.17, 15) is 9.59 Å². The average molecular weight is 414 g/mol. The second-order valence-electron chi connectivity index (χ2n) is 7.09. The summed E-state index contributed by atoms with van der Waals surface area (Å²) in [4.78, 5) is 25.1. The van der Waals surface area contributed by atoms with Gasteiger partial charge in [0, 0.05) is 41.7 Å². The van der Waals surface area contributed by atoms with E-state index >= 15 is 0 Å². The number of hydrogen-bond donors (Lipinski definition) is 2. The van der Waals surface area contributed by atoms with Crippen molar-refractivity contribution in [1.29, 1.82) is 0 Å². The van der Waals surface area contributed by atoms with Crippen LogP contribution in [0.2, 0.25) is 0 Å². The number of carbonyl (C=O) groups excluding carboxylic acids is 2. The molecule has 4 aromatic rings. The molecule has 0 fully saturated rings. The van der Waals surface area contributed by atoms with Crippen LogP contribution in [0.1, 0.15) is 28.9 Å². The average Bonchev–Trinajstić information content (AvgIpc) is 3.48. The summed E-state index contributed by atoms with van der Waals surface area (Å²) in [5.74, 6) is -0.418. The minimum Gasteiger partial charge on any atom is -0.324 e. The molecule has 0 aliphatic carbocycles. The molecule has 31 heavy (non-hydrogen) atoms. The lowest BCUT2D eigenvalue weighted by molar-refractivity contribution is -0.119. The van der Waals surface area contributed by atoms with Crippen LogP contribution in [0, 0.1) is 0 Å². The first-order valence-electron chi connectivity index (χ1n) is 9.86. The van der Waals surface area contributed by atoms with Gasteiger partial charge >= 0.3 is 0 Å². The molecule has 1 atom stereocenters. The van der Waals surface area contributed by atoms with Crippen LogP contribution in [-0.2, 0) is 11.3 Å². The normalized spacial score (nSPS) is 11.6. The van der Waals surface area contributed by atoms with Gasteiger partial charge in [0.05, 0.1) is 6.54 Å². The lowest BCUT2D eigenvalue weighted by Crippen LogP contribution is -2.24. The molecule has 0 saturated heterocycles. The number of nitrogens with zero attached hydrogens (tertiary/aromatic N) is 4. The van der Waals surface area contributed by atoms with Crippen molar-refractivity contribution in [2.24, 2.45) is 0 Å². The van der Waals surface area contributed by atoms with Crippen molar-refractivity contribution in [3.63, 3.8) is 0 Å². The van der Waals surface area contributed by atoms with Gasteiger partial charge in [-0.25, -0.2) is 0 Å². The molecule has 0 spiro atoms. The Kier molecular flexibility index (Phi) is 5.89. The zero-order chi connectivity index (χ0) is 21.6. The summed E-state index contributed by atoms with van der Waals surface area (Å²) < 4.78 is 3.40. The number of rotatable bonds is 7. The van der Waals surface area contributed by atoms with Gasteiger partial charge in [-0.2, -0.15) is 10.2 Å². The first-order valence-corrected chi connectivity index (χ1v) is 9.86. The Labute approximate surface area is 179 Å². The fraction of sp³-hybridized carbons (Fsp3) is 0.130. The number of benzene rings is 2. The van der Waals surface area contributed by atoms with E-state index in [1.54, 1.807) is 72.7 Å². The summed E-state index contributed by atoms with van der Waals surface area (Å²) in [6.45, 7) is 2.41. The van der Waals surface area contributed by atoms with E-state index in [0.29, 0.717) is 23.5 Å². The van der Waals surface area contributed by atoms with Crippen LogP contribution in [0.15, 0.2) is 85.5 Å². The van der Waals surface area contributed by atoms with Crippen molar-refractivity contribution in [1.82, 2.24) is 19.6 Å². The van der Waals surface area contributed by atoms with E-state index in [1.807, 2.05) is 29.1 Å². The predicted molar refractivity (Wildman–Crippen MR) is 118 cm³/mol. The molecule has 2 amide bonds. The van der Waals surface area contributed by atoms with Crippen molar-refractivity contribution in [3.05, 3.63) is 96.6 Å². The van der Waals surface area contributed by atoms with Crippen molar-refractivity contribution in [2.75, 3.05) is 10.6 Å². The van der Waals surface area contributed by atoms with E-state index in [2.05, 4.69) is 20.8 Å². The van der Waals surface area contributed by atoms with Crippen LogP contribution in [0.3, 0.4) is 0 Å². The van der Waals surface area contributed by atoms with Gasteiger partial charge in [0.25, 0.3) is 5.91 Å².